The highest BCUT2D eigenvalue weighted by Gasteiger charge is 2.25. The number of nitrogens with zero attached hydrogens (tertiary/aromatic N) is 3. The monoisotopic (exact) mass is 445 g/mol. The van der Waals surface area contributed by atoms with Crippen LogP contribution < -0.4 is 16.0 Å². The van der Waals surface area contributed by atoms with E-state index in [1.54, 1.807) is 23.8 Å². The molecule has 4 rings (SSSR count). The Morgan fingerprint density at radius 1 is 1.37 bits per heavy atom. The molecule has 2 atom stereocenters. The zero-order chi connectivity index (χ0) is 21.3. The number of aromatic nitrogens is 2. The minimum Gasteiger partial charge on any atom is -0.368 e. The number of nitrogens with one attached hydrogen (secondary N) is 1. The van der Waals surface area contributed by atoms with Gasteiger partial charge in [0.05, 0.1) is 28.2 Å². The normalized spacial score (nSPS) is 19.0. The lowest BCUT2D eigenvalue weighted by Crippen LogP contribution is -2.46. The Morgan fingerprint density at radius 2 is 2.20 bits per heavy atom. The van der Waals surface area contributed by atoms with E-state index in [4.69, 9.17) is 17.3 Å². The highest BCUT2D eigenvalue weighted by Crippen LogP contribution is 2.33. The van der Waals surface area contributed by atoms with Crippen LogP contribution in [0.4, 0.5) is 15.8 Å². The van der Waals surface area contributed by atoms with Crippen LogP contribution in [0.2, 0.25) is 5.02 Å². The molecule has 0 saturated carbocycles. The Morgan fingerprint density at radius 3 is 2.97 bits per heavy atom. The van der Waals surface area contributed by atoms with Gasteiger partial charge in [-0.2, -0.15) is 0 Å². The van der Waals surface area contributed by atoms with Crippen LogP contribution in [0.5, 0.6) is 0 Å². The number of benzene rings is 1. The Bertz CT molecular complexity index is 1040. The maximum absolute atomic E-state index is 14.2. The van der Waals surface area contributed by atoms with Crippen LogP contribution in [0.3, 0.4) is 0 Å². The summed E-state index contributed by atoms with van der Waals surface area (Å²) in [7, 11) is 0. The molecule has 1 aliphatic heterocycles. The van der Waals surface area contributed by atoms with E-state index >= 15 is 0 Å². The van der Waals surface area contributed by atoms with Crippen LogP contribution >= 0.6 is 22.9 Å². The van der Waals surface area contributed by atoms with Gasteiger partial charge in [-0.25, -0.2) is 9.37 Å². The number of halogens is 2. The molecule has 6 nitrogen and oxygen atoms in total. The molecule has 3 N–H and O–H groups in total. The molecule has 0 radical (unpaired) electrons. The molecule has 0 unspecified atom stereocenters. The molecule has 9 heteroatoms. The molecule has 1 fully saturated rings. The first kappa shape index (κ1) is 20.7. The van der Waals surface area contributed by atoms with Gasteiger partial charge in [-0.05, 0) is 30.5 Å². The van der Waals surface area contributed by atoms with Crippen molar-refractivity contribution in [1.82, 2.24) is 9.97 Å². The number of hydrogen-bond donors (Lipinski definition) is 2. The lowest BCUT2D eigenvalue weighted by atomic mass is 9.96. The van der Waals surface area contributed by atoms with E-state index in [1.165, 1.54) is 12.1 Å². The van der Waals surface area contributed by atoms with Crippen molar-refractivity contribution in [3.63, 3.8) is 0 Å². The van der Waals surface area contributed by atoms with Crippen LogP contribution in [-0.4, -0.2) is 35.0 Å². The van der Waals surface area contributed by atoms with Crippen molar-refractivity contribution < 1.29 is 9.18 Å². The van der Waals surface area contributed by atoms with Gasteiger partial charge in [-0.1, -0.05) is 24.6 Å². The van der Waals surface area contributed by atoms with Crippen molar-refractivity contribution in [2.24, 2.45) is 11.7 Å². The third-order valence-electron chi connectivity index (χ3n) is 4.99. The van der Waals surface area contributed by atoms with Crippen molar-refractivity contribution in [2.45, 2.75) is 19.4 Å². The van der Waals surface area contributed by atoms with Crippen molar-refractivity contribution in [1.29, 1.82) is 0 Å². The van der Waals surface area contributed by atoms with Gasteiger partial charge in [-0.3, -0.25) is 9.78 Å². The predicted octanol–water partition coefficient (Wildman–Crippen LogP) is 4.42. The number of pyridine rings is 1. The standard InChI is InChI=1S/C21H21ClFN5OS/c1-12-7-13(24)10-28(9-12)18-5-6-25-8-16(18)26-20(29)17-11-30-21(27-17)19-14(22)3-2-4-15(19)23/h2-6,8,11-13H,7,9-10,24H2,1H3,(H,26,29)/t12-,13+/m1/s1. The summed E-state index contributed by atoms with van der Waals surface area (Å²) in [6, 6.07) is 6.38. The number of carbonyl (C=O) groups excluding carboxylic acids is 1. The number of nitrogens with two attached hydrogens (primary N) is 1. The highest BCUT2D eigenvalue weighted by atomic mass is 35.5. The maximum Gasteiger partial charge on any atom is 0.275 e. The maximum atomic E-state index is 14.2. The van der Waals surface area contributed by atoms with Crippen molar-refractivity contribution >= 4 is 40.2 Å². The van der Waals surface area contributed by atoms with Crippen LogP contribution in [0.15, 0.2) is 42.0 Å². The van der Waals surface area contributed by atoms with Crippen molar-refractivity contribution in [3.8, 4) is 10.6 Å². The molecule has 3 aromatic rings. The number of hydrogen-bond acceptors (Lipinski definition) is 6. The lowest BCUT2D eigenvalue weighted by Gasteiger charge is -2.37. The van der Waals surface area contributed by atoms with E-state index in [2.05, 4.69) is 27.1 Å². The van der Waals surface area contributed by atoms with E-state index in [9.17, 15) is 9.18 Å². The molecule has 0 spiro atoms. The summed E-state index contributed by atoms with van der Waals surface area (Å²) in [5.74, 6) is -0.417. The zero-order valence-corrected chi connectivity index (χ0v) is 17.9. The second-order valence-corrected chi connectivity index (χ2v) is 8.75. The number of piperidine rings is 1. The van der Waals surface area contributed by atoms with Gasteiger partial charge < -0.3 is 16.0 Å². The minimum atomic E-state index is -0.478. The molecule has 2 aromatic heterocycles. The average Bonchev–Trinajstić information content (AvgIpc) is 3.17. The number of thiazole rings is 1. The van der Waals surface area contributed by atoms with Gasteiger partial charge in [0.1, 0.15) is 16.5 Å². The third kappa shape index (κ3) is 4.30. The second-order valence-electron chi connectivity index (χ2n) is 7.49. The predicted molar refractivity (Wildman–Crippen MR) is 119 cm³/mol. The van der Waals surface area contributed by atoms with Crippen molar-refractivity contribution in [3.05, 3.63) is 58.6 Å². The number of amides is 1. The lowest BCUT2D eigenvalue weighted by molar-refractivity contribution is 0.102. The molecule has 1 aromatic carbocycles. The smallest absolute Gasteiger partial charge is 0.275 e. The fraction of sp³-hybridized carbons (Fsp3) is 0.286. The first-order valence-electron chi connectivity index (χ1n) is 9.58. The van der Waals surface area contributed by atoms with Crippen molar-refractivity contribution in [2.75, 3.05) is 23.3 Å². The van der Waals surface area contributed by atoms with Gasteiger partial charge in [0, 0.05) is 30.7 Å². The second kappa shape index (κ2) is 8.67. The first-order chi connectivity index (χ1) is 14.4. The number of carbonyl (C=O) groups is 1. The number of anilines is 2. The number of rotatable bonds is 4. The Kier molecular flexibility index (Phi) is 5.99. The van der Waals surface area contributed by atoms with Crippen LogP contribution in [0, 0.1) is 11.7 Å². The van der Waals surface area contributed by atoms with E-state index in [-0.39, 0.29) is 22.3 Å². The molecule has 1 saturated heterocycles. The van der Waals surface area contributed by atoms with E-state index < -0.39 is 11.7 Å². The summed E-state index contributed by atoms with van der Waals surface area (Å²) in [5.41, 5.74) is 8.02. The molecule has 0 bridgehead atoms. The summed E-state index contributed by atoms with van der Waals surface area (Å²) >= 11 is 7.28. The van der Waals surface area contributed by atoms with E-state index in [0.717, 1.165) is 30.0 Å². The summed E-state index contributed by atoms with van der Waals surface area (Å²) in [6.07, 6.45) is 4.28. The SMILES string of the molecule is C[C@@H]1C[C@H](N)CN(c2ccncc2NC(=O)c2csc(-c3c(F)cccc3Cl)n2)C1. The molecule has 3 heterocycles. The summed E-state index contributed by atoms with van der Waals surface area (Å²) in [4.78, 5) is 23.4. The third-order valence-corrected chi connectivity index (χ3v) is 6.17. The molecule has 1 amide bonds. The Balaban J connectivity index is 1.57. The van der Waals surface area contributed by atoms with Gasteiger partial charge in [0.15, 0.2) is 0 Å². The molecule has 156 valence electrons. The Hall–Kier alpha value is -2.55. The Labute approximate surface area is 182 Å². The zero-order valence-electron chi connectivity index (χ0n) is 16.3. The van der Waals surface area contributed by atoms with Gasteiger partial charge >= 0.3 is 0 Å². The summed E-state index contributed by atoms with van der Waals surface area (Å²) in [6.45, 7) is 3.73. The summed E-state index contributed by atoms with van der Waals surface area (Å²) in [5, 5.41) is 5.07. The molecule has 0 aliphatic carbocycles. The molecule has 30 heavy (non-hydrogen) atoms. The molecule has 1 aliphatic rings. The minimum absolute atomic E-state index is 0.0806. The van der Waals surface area contributed by atoms with Crippen LogP contribution in [0.25, 0.3) is 10.6 Å². The van der Waals surface area contributed by atoms with Gasteiger partial charge in [-0.15, -0.1) is 11.3 Å². The highest BCUT2D eigenvalue weighted by molar-refractivity contribution is 7.13. The quantitative estimate of drug-likeness (QED) is 0.620. The topological polar surface area (TPSA) is 84.1 Å². The molecular weight excluding hydrogens is 425 g/mol. The van der Waals surface area contributed by atoms with Crippen LogP contribution in [0.1, 0.15) is 23.8 Å². The molecular formula is C21H21ClFN5OS. The van der Waals surface area contributed by atoms with Crippen LogP contribution in [-0.2, 0) is 0 Å². The summed E-state index contributed by atoms with van der Waals surface area (Å²) < 4.78 is 14.2. The largest absolute Gasteiger partial charge is 0.368 e. The van der Waals surface area contributed by atoms with Gasteiger partial charge in [0.25, 0.3) is 5.91 Å². The van der Waals surface area contributed by atoms with E-state index in [1.807, 2.05) is 6.07 Å². The van der Waals surface area contributed by atoms with E-state index in [0.29, 0.717) is 23.2 Å². The fourth-order valence-electron chi connectivity index (χ4n) is 3.74. The first-order valence-corrected chi connectivity index (χ1v) is 10.8. The fourth-order valence-corrected chi connectivity index (χ4v) is 4.90. The van der Waals surface area contributed by atoms with Gasteiger partial charge in [0.2, 0.25) is 0 Å². The average molecular weight is 446 g/mol.